The van der Waals surface area contributed by atoms with Gasteiger partial charge < -0.3 is 9.73 Å². The van der Waals surface area contributed by atoms with Crippen LogP contribution in [0, 0.1) is 0 Å². The van der Waals surface area contributed by atoms with Crippen LogP contribution in [-0.2, 0) is 26.4 Å². The first-order chi connectivity index (χ1) is 8.82. The fourth-order valence-corrected chi connectivity index (χ4v) is 4.27. The van der Waals surface area contributed by atoms with E-state index in [-0.39, 0.29) is 22.6 Å². The Morgan fingerprint density at radius 2 is 2.16 bits per heavy atom. The van der Waals surface area contributed by atoms with Gasteiger partial charge in [0.05, 0.1) is 18.1 Å². The Labute approximate surface area is 112 Å². The second kappa shape index (κ2) is 5.23. The van der Waals surface area contributed by atoms with E-state index >= 15 is 0 Å². The van der Waals surface area contributed by atoms with Gasteiger partial charge in [-0.15, -0.1) is 0 Å². The second-order valence-corrected chi connectivity index (χ2v) is 8.46. The van der Waals surface area contributed by atoms with Gasteiger partial charge in [0.1, 0.15) is 5.76 Å². The van der Waals surface area contributed by atoms with E-state index in [0.29, 0.717) is 18.7 Å². The summed E-state index contributed by atoms with van der Waals surface area (Å²) in [5.41, 5.74) is 0. The van der Waals surface area contributed by atoms with Crippen LogP contribution >= 0.6 is 0 Å². The minimum Gasteiger partial charge on any atom is -0.447 e. The van der Waals surface area contributed by atoms with Gasteiger partial charge in [-0.2, -0.15) is 0 Å². The summed E-state index contributed by atoms with van der Waals surface area (Å²) >= 11 is 0. The second-order valence-electron chi connectivity index (χ2n) is 4.41. The average Bonchev–Trinajstić information content (AvgIpc) is 2.93. The molecular weight excluding hydrogens is 292 g/mol. The normalized spacial score (nSPS) is 22.7. The van der Waals surface area contributed by atoms with E-state index in [4.69, 9.17) is 4.42 Å². The van der Waals surface area contributed by atoms with Crippen LogP contribution in [0.5, 0.6) is 0 Å². The average molecular weight is 308 g/mol. The molecule has 1 aromatic rings. The Morgan fingerprint density at radius 3 is 2.74 bits per heavy atom. The molecule has 0 bridgehead atoms. The number of furan rings is 1. The van der Waals surface area contributed by atoms with E-state index in [0.717, 1.165) is 0 Å². The van der Waals surface area contributed by atoms with Gasteiger partial charge in [-0.1, -0.05) is 0 Å². The summed E-state index contributed by atoms with van der Waals surface area (Å²) in [6, 6.07) is 2.83. The summed E-state index contributed by atoms with van der Waals surface area (Å²) in [5.74, 6) is 0.774. The molecule has 2 heterocycles. The summed E-state index contributed by atoms with van der Waals surface area (Å²) in [4.78, 5) is 0. The summed E-state index contributed by atoms with van der Waals surface area (Å²) in [6.45, 7) is 0.305. The highest BCUT2D eigenvalue weighted by molar-refractivity contribution is 7.91. The Bertz CT molecular complexity index is 647. The van der Waals surface area contributed by atoms with Crippen molar-refractivity contribution in [3.05, 3.63) is 17.9 Å². The summed E-state index contributed by atoms with van der Waals surface area (Å²) in [6.07, 6.45) is 0.574. The van der Waals surface area contributed by atoms with Crippen molar-refractivity contribution in [2.24, 2.45) is 0 Å². The lowest BCUT2D eigenvalue weighted by Gasteiger charge is -2.08. The van der Waals surface area contributed by atoms with Crippen molar-refractivity contribution >= 4 is 19.9 Å². The molecule has 1 atom stereocenters. The SMILES string of the molecule is CNS(=O)(=O)c1ccc(CNC2CCS(=O)(=O)C2)o1. The third-order valence-electron chi connectivity index (χ3n) is 2.97. The molecule has 19 heavy (non-hydrogen) atoms. The van der Waals surface area contributed by atoms with Gasteiger partial charge in [0.15, 0.2) is 9.84 Å². The maximum atomic E-state index is 11.5. The third-order valence-corrected chi connectivity index (χ3v) is 6.02. The van der Waals surface area contributed by atoms with Crippen molar-refractivity contribution in [3.63, 3.8) is 0 Å². The third kappa shape index (κ3) is 3.56. The fraction of sp³-hybridized carbons (Fsp3) is 0.600. The lowest BCUT2D eigenvalue weighted by atomic mass is 10.2. The molecule has 2 N–H and O–H groups in total. The molecule has 9 heteroatoms. The molecule has 0 amide bonds. The van der Waals surface area contributed by atoms with E-state index in [9.17, 15) is 16.8 Å². The Balaban J connectivity index is 1.95. The van der Waals surface area contributed by atoms with Gasteiger partial charge in [0.25, 0.3) is 10.0 Å². The van der Waals surface area contributed by atoms with Gasteiger partial charge in [0.2, 0.25) is 5.09 Å². The number of sulfone groups is 1. The van der Waals surface area contributed by atoms with Crippen molar-refractivity contribution < 1.29 is 21.3 Å². The van der Waals surface area contributed by atoms with E-state index in [1.54, 1.807) is 6.07 Å². The molecule has 1 aliphatic heterocycles. The molecular formula is C10H16N2O5S2. The number of hydrogen-bond acceptors (Lipinski definition) is 6. The zero-order valence-corrected chi connectivity index (χ0v) is 12.1. The minimum atomic E-state index is -3.57. The first kappa shape index (κ1) is 14.5. The predicted octanol–water partition coefficient (Wildman–Crippen LogP) is -0.536. The number of sulfonamides is 1. The summed E-state index contributed by atoms with van der Waals surface area (Å²) in [5, 5.41) is 2.90. The molecule has 0 aliphatic carbocycles. The Hall–Kier alpha value is -0.900. The molecule has 0 radical (unpaired) electrons. The fourth-order valence-electron chi connectivity index (χ4n) is 1.90. The van der Waals surface area contributed by atoms with Crippen LogP contribution in [0.3, 0.4) is 0 Å². The van der Waals surface area contributed by atoms with Crippen molar-refractivity contribution in [3.8, 4) is 0 Å². The van der Waals surface area contributed by atoms with Crippen LogP contribution < -0.4 is 10.0 Å². The molecule has 2 rings (SSSR count). The largest absolute Gasteiger partial charge is 0.447 e. The smallest absolute Gasteiger partial charge is 0.273 e. The molecule has 0 saturated carbocycles. The van der Waals surface area contributed by atoms with Crippen molar-refractivity contribution in [2.75, 3.05) is 18.6 Å². The zero-order valence-electron chi connectivity index (χ0n) is 10.4. The molecule has 0 aromatic carbocycles. The molecule has 1 aromatic heterocycles. The lowest BCUT2D eigenvalue weighted by Crippen LogP contribution is -2.29. The zero-order chi connectivity index (χ0) is 14.1. The molecule has 7 nitrogen and oxygen atoms in total. The molecule has 1 fully saturated rings. The topological polar surface area (TPSA) is 105 Å². The van der Waals surface area contributed by atoms with Gasteiger partial charge >= 0.3 is 0 Å². The number of hydrogen-bond donors (Lipinski definition) is 2. The highest BCUT2D eigenvalue weighted by Gasteiger charge is 2.27. The maximum absolute atomic E-state index is 11.5. The quantitative estimate of drug-likeness (QED) is 0.757. The van der Waals surface area contributed by atoms with E-state index in [1.165, 1.54) is 13.1 Å². The van der Waals surface area contributed by atoms with Gasteiger partial charge in [-0.3, -0.25) is 0 Å². The maximum Gasteiger partial charge on any atom is 0.273 e. The summed E-state index contributed by atoms with van der Waals surface area (Å²) in [7, 11) is -5.19. The lowest BCUT2D eigenvalue weighted by molar-refractivity contribution is 0.391. The predicted molar refractivity (Wildman–Crippen MR) is 68.9 cm³/mol. The van der Waals surface area contributed by atoms with Crippen molar-refractivity contribution in [1.82, 2.24) is 10.0 Å². The number of nitrogens with one attached hydrogen (secondary N) is 2. The van der Waals surface area contributed by atoms with Gasteiger partial charge in [-0.05, 0) is 25.6 Å². The van der Waals surface area contributed by atoms with Crippen LogP contribution in [0.25, 0.3) is 0 Å². The van der Waals surface area contributed by atoms with E-state index in [1.807, 2.05) is 0 Å². The van der Waals surface area contributed by atoms with Crippen LogP contribution in [0.1, 0.15) is 12.2 Å². The van der Waals surface area contributed by atoms with E-state index < -0.39 is 19.9 Å². The molecule has 1 unspecified atom stereocenters. The van der Waals surface area contributed by atoms with Gasteiger partial charge in [0, 0.05) is 6.04 Å². The van der Waals surface area contributed by atoms with Crippen LogP contribution in [-0.4, -0.2) is 41.4 Å². The monoisotopic (exact) mass is 308 g/mol. The Kier molecular flexibility index (Phi) is 4.00. The molecule has 0 spiro atoms. The first-order valence-corrected chi connectivity index (χ1v) is 9.09. The molecule has 108 valence electrons. The summed E-state index contributed by atoms with van der Waals surface area (Å²) < 4.78 is 52.8. The first-order valence-electron chi connectivity index (χ1n) is 5.78. The minimum absolute atomic E-state index is 0.0977. The highest BCUT2D eigenvalue weighted by Crippen LogP contribution is 2.15. The van der Waals surface area contributed by atoms with Crippen LogP contribution in [0.4, 0.5) is 0 Å². The highest BCUT2D eigenvalue weighted by atomic mass is 32.2. The standard InChI is InChI=1S/C10H16N2O5S2/c1-11-19(15,16)10-3-2-9(17-10)6-12-8-4-5-18(13,14)7-8/h2-3,8,11-12H,4-7H2,1H3. The van der Waals surface area contributed by atoms with Crippen LogP contribution in [0.2, 0.25) is 0 Å². The molecule has 1 aliphatic rings. The van der Waals surface area contributed by atoms with Crippen molar-refractivity contribution in [1.29, 1.82) is 0 Å². The Morgan fingerprint density at radius 1 is 1.42 bits per heavy atom. The van der Waals surface area contributed by atoms with E-state index in [2.05, 4.69) is 10.0 Å². The van der Waals surface area contributed by atoms with Crippen LogP contribution in [0.15, 0.2) is 21.6 Å². The van der Waals surface area contributed by atoms with Gasteiger partial charge in [-0.25, -0.2) is 21.6 Å². The molecule has 1 saturated heterocycles. The van der Waals surface area contributed by atoms with Crippen molar-refractivity contribution in [2.45, 2.75) is 24.1 Å². The number of rotatable bonds is 5.